The second-order valence-electron chi connectivity index (χ2n) is 7.01. The minimum Gasteiger partial charge on any atom is -0.346 e. The van der Waals surface area contributed by atoms with E-state index in [1.807, 2.05) is 0 Å². The van der Waals surface area contributed by atoms with Crippen LogP contribution in [0.5, 0.6) is 0 Å². The summed E-state index contributed by atoms with van der Waals surface area (Å²) < 4.78 is 0. The lowest BCUT2D eigenvalue weighted by molar-refractivity contribution is 0.337. The van der Waals surface area contributed by atoms with E-state index < -0.39 is 0 Å². The highest BCUT2D eigenvalue weighted by Gasteiger charge is 2.25. The molecule has 106 valence electrons. The van der Waals surface area contributed by atoms with Crippen LogP contribution in [0.3, 0.4) is 0 Å². The summed E-state index contributed by atoms with van der Waals surface area (Å²) in [6, 6.07) is 0. The number of aromatic nitrogens is 2. The van der Waals surface area contributed by atoms with Crippen molar-refractivity contribution in [3.8, 4) is 0 Å². The van der Waals surface area contributed by atoms with Gasteiger partial charge in [0.25, 0.3) is 0 Å². The van der Waals surface area contributed by atoms with E-state index in [1.165, 1.54) is 75.0 Å². The van der Waals surface area contributed by atoms with Crippen molar-refractivity contribution >= 4 is 0 Å². The zero-order chi connectivity index (χ0) is 13.2. The number of fused-ring (bicyclic) bond motifs is 1. The number of H-pyrrole nitrogens is 1. The molecule has 1 aromatic heterocycles. The second kappa shape index (κ2) is 5.68. The summed E-state index contributed by atoms with van der Waals surface area (Å²) in [4.78, 5) is 8.48. The Labute approximate surface area is 117 Å². The summed E-state index contributed by atoms with van der Waals surface area (Å²) in [5, 5.41) is 0. The number of hydrogen-bond donors (Lipinski definition) is 1. The highest BCUT2D eigenvalue weighted by atomic mass is 14.9. The molecule has 0 saturated heterocycles. The van der Waals surface area contributed by atoms with E-state index in [4.69, 9.17) is 4.98 Å². The maximum atomic E-state index is 4.86. The van der Waals surface area contributed by atoms with Gasteiger partial charge < -0.3 is 4.98 Å². The van der Waals surface area contributed by atoms with Crippen LogP contribution >= 0.6 is 0 Å². The molecule has 19 heavy (non-hydrogen) atoms. The van der Waals surface area contributed by atoms with Gasteiger partial charge in [-0.15, -0.1) is 0 Å². The van der Waals surface area contributed by atoms with Gasteiger partial charge in [0, 0.05) is 12.1 Å². The quantitative estimate of drug-likeness (QED) is 0.862. The van der Waals surface area contributed by atoms with E-state index in [-0.39, 0.29) is 0 Å². The van der Waals surface area contributed by atoms with Crippen molar-refractivity contribution in [1.29, 1.82) is 0 Å². The van der Waals surface area contributed by atoms with Crippen molar-refractivity contribution in [2.75, 3.05) is 0 Å². The van der Waals surface area contributed by atoms with E-state index in [0.29, 0.717) is 0 Å². The third-order valence-corrected chi connectivity index (χ3v) is 5.44. The van der Waals surface area contributed by atoms with Crippen LogP contribution in [0, 0.1) is 17.8 Å². The second-order valence-corrected chi connectivity index (χ2v) is 7.01. The third-order valence-electron chi connectivity index (χ3n) is 5.44. The van der Waals surface area contributed by atoms with E-state index in [2.05, 4.69) is 18.8 Å². The predicted molar refractivity (Wildman–Crippen MR) is 79.2 cm³/mol. The molecule has 2 atom stereocenters. The lowest BCUT2D eigenvalue weighted by atomic mass is 9.82. The van der Waals surface area contributed by atoms with Crippen LogP contribution in [0.25, 0.3) is 0 Å². The van der Waals surface area contributed by atoms with Crippen LogP contribution in [0.1, 0.15) is 69.6 Å². The van der Waals surface area contributed by atoms with Crippen LogP contribution in [-0.2, 0) is 19.3 Å². The van der Waals surface area contributed by atoms with Gasteiger partial charge in [-0.25, -0.2) is 4.98 Å². The molecule has 2 unspecified atom stereocenters. The average Bonchev–Trinajstić information content (AvgIpc) is 2.80. The number of aromatic amines is 1. The molecule has 3 rings (SSSR count). The van der Waals surface area contributed by atoms with Crippen molar-refractivity contribution in [1.82, 2.24) is 9.97 Å². The van der Waals surface area contributed by atoms with Crippen LogP contribution in [0.4, 0.5) is 0 Å². The summed E-state index contributed by atoms with van der Waals surface area (Å²) in [6.45, 7) is 4.74. The maximum absolute atomic E-state index is 4.86. The molecule has 0 aliphatic heterocycles. The fourth-order valence-electron chi connectivity index (χ4n) is 3.81. The Balaban J connectivity index is 1.58. The zero-order valence-corrected chi connectivity index (χ0v) is 12.5. The van der Waals surface area contributed by atoms with E-state index in [9.17, 15) is 0 Å². The molecule has 2 aliphatic carbocycles. The van der Waals surface area contributed by atoms with Crippen molar-refractivity contribution in [2.45, 2.75) is 71.6 Å². The van der Waals surface area contributed by atoms with Crippen molar-refractivity contribution in [3.05, 3.63) is 17.2 Å². The lowest BCUT2D eigenvalue weighted by Crippen LogP contribution is -2.20. The molecule has 0 spiro atoms. The molecule has 0 amide bonds. The first-order valence-electron chi connectivity index (χ1n) is 8.29. The predicted octanol–water partition coefficient (Wildman–Crippen LogP) is 4.29. The van der Waals surface area contributed by atoms with Crippen molar-refractivity contribution < 1.29 is 0 Å². The Hall–Kier alpha value is -0.790. The Morgan fingerprint density at radius 2 is 1.79 bits per heavy atom. The largest absolute Gasteiger partial charge is 0.346 e. The molecule has 0 radical (unpaired) electrons. The van der Waals surface area contributed by atoms with Crippen LogP contribution in [0.15, 0.2) is 0 Å². The Morgan fingerprint density at radius 1 is 1.05 bits per heavy atom. The molecule has 1 heterocycles. The van der Waals surface area contributed by atoms with E-state index >= 15 is 0 Å². The fraction of sp³-hybridized carbons (Fsp3) is 0.824. The number of nitrogens with one attached hydrogen (secondary N) is 1. The molecular weight excluding hydrogens is 232 g/mol. The minimum absolute atomic E-state index is 0.794. The average molecular weight is 260 g/mol. The highest BCUT2D eigenvalue weighted by molar-refractivity contribution is 5.19. The van der Waals surface area contributed by atoms with Gasteiger partial charge in [-0.3, -0.25) is 0 Å². The first-order valence-corrected chi connectivity index (χ1v) is 8.29. The molecule has 0 bridgehead atoms. The fourth-order valence-corrected chi connectivity index (χ4v) is 3.81. The smallest absolute Gasteiger partial charge is 0.106 e. The number of hydrogen-bond acceptors (Lipinski definition) is 1. The molecular formula is C17H28N2. The standard InChI is InChI=1S/C17H28N2/c1-12-10-15-16(11-13(12)2)19-17(18-15)9-8-14-6-4-3-5-7-14/h12-14H,3-11H2,1-2H3,(H,18,19). The molecule has 2 nitrogen and oxygen atoms in total. The summed E-state index contributed by atoms with van der Waals surface area (Å²) >= 11 is 0. The number of nitrogens with zero attached hydrogens (tertiary/aromatic N) is 1. The van der Waals surface area contributed by atoms with Gasteiger partial charge in [-0.1, -0.05) is 46.0 Å². The van der Waals surface area contributed by atoms with Crippen molar-refractivity contribution in [2.24, 2.45) is 17.8 Å². The topological polar surface area (TPSA) is 28.7 Å². The third kappa shape index (κ3) is 3.04. The summed E-state index contributed by atoms with van der Waals surface area (Å²) in [7, 11) is 0. The Morgan fingerprint density at radius 3 is 2.58 bits per heavy atom. The van der Waals surface area contributed by atoms with Gasteiger partial charge in [0.05, 0.1) is 5.69 Å². The Kier molecular flexibility index (Phi) is 3.95. The SMILES string of the molecule is CC1Cc2nc(CCC3CCCCC3)[nH]c2CC1C. The van der Waals surface area contributed by atoms with Crippen molar-refractivity contribution in [3.63, 3.8) is 0 Å². The van der Waals surface area contributed by atoms with Gasteiger partial charge in [0.15, 0.2) is 0 Å². The van der Waals surface area contributed by atoms with Crippen LogP contribution in [-0.4, -0.2) is 9.97 Å². The molecule has 1 fully saturated rings. The summed E-state index contributed by atoms with van der Waals surface area (Å²) in [5.74, 6) is 3.83. The number of imidazole rings is 1. The maximum Gasteiger partial charge on any atom is 0.106 e. The molecule has 1 N–H and O–H groups in total. The molecule has 1 aromatic rings. The number of rotatable bonds is 3. The minimum atomic E-state index is 0.794. The molecule has 2 aliphatic rings. The van der Waals surface area contributed by atoms with Crippen LogP contribution < -0.4 is 0 Å². The zero-order valence-electron chi connectivity index (χ0n) is 12.5. The normalized spacial score (nSPS) is 28.3. The van der Waals surface area contributed by atoms with Gasteiger partial charge in [0.2, 0.25) is 0 Å². The first kappa shape index (κ1) is 13.2. The summed E-state index contributed by atoms with van der Waals surface area (Å²) in [6.07, 6.45) is 12.2. The molecule has 1 saturated carbocycles. The van der Waals surface area contributed by atoms with E-state index in [1.54, 1.807) is 0 Å². The lowest BCUT2D eigenvalue weighted by Gasteiger charge is -2.24. The Bertz CT molecular complexity index is 387. The van der Waals surface area contributed by atoms with Crippen LogP contribution in [0.2, 0.25) is 0 Å². The van der Waals surface area contributed by atoms with Gasteiger partial charge in [0.1, 0.15) is 5.82 Å². The molecule has 0 aromatic carbocycles. The van der Waals surface area contributed by atoms with Gasteiger partial charge in [-0.2, -0.15) is 0 Å². The summed E-state index contributed by atoms with van der Waals surface area (Å²) in [5.41, 5.74) is 2.80. The number of aryl methyl sites for hydroxylation is 1. The first-order chi connectivity index (χ1) is 9.22. The van der Waals surface area contributed by atoms with E-state index in [0.717, 1.165) is 17.8 Å². The molecule has 2 heteroatoms. The monoisotopic (exact) mass is 260 g/mol. The van der Waals surface area contributed by atoms with Gasteiger partial charge >= 0.3 is 0 Å². The highest BCUT2D eigenvalue weighted by Crippen LogP contribution is 2.30. The van der Waals surface area contributed by atoms with Gasteiger partial charge in [-0.05, 0) is 37.0 Å².